The number of hydrogen-bond acceptors (Lipinski definition) is 4. The predicted octanol–water partition coefficient (Wildman–Crippen LogP) is 3.67. The van der Waals surface area contributed by atoms with Crippen LogP contribution in [0.25, 0.3) is 15.9 Å². The van der Waals surface area contributed by atoms with Crippen LogP contribution in [0.5, 0.6) is 0 Å². The molecule has 0 aliphatic carbocycles. The molecule has 2 aromatic carbocycles. The van der Waals surface area contributed by atoms with Gasteiger partial charge in [0.2, 0.25) is 5.91 Å². The lowest BCUT2D eigenvalue weighted by Gasteiger charge is -2.14. The molecule has 0 atom stereocenters. The molecule has 0 fully saturated rings. The second-order valence-corrected chi connectivity index (χ2v) is 8.65. The van der Waals surface area contributed by atoms with Gasteiger partial charge in [-0.2, -0.15) is 0 Å². The van der Waals surface area contributed by atoms with Gasteiger partial charge < -0.3 is 5.32 Å². The van der Waals surface area contributed by atoms with E-state index in [0.29, 0.717) is 33.8 Å². The number of fused-ring (bicyclic) bond motifs is 1. The highest BCUT2D eigenvalue weighted by Gasteiger charge is 2.18. The molecule has 0 aliphatic rings. The number of rotatable bonds is 6. The highest BCUT2D eigenvalue weighted by molar-refractivity contribution is 7.17. The van der Waals surface area contributed by atoms with Gasteiger partial charge in [-0.3, -0.25) is 14.2 Å². The van der Waals surface area contributed by atoms with E-state index in [1.165, 1.54) is 34.1 Å². The van der Waals surface area contributed by atoms with Crippen molar-refractivity contribution in [2.45, 2.75) is 19.9 Å². The van der Waals surface area contributed by atoms with Crippen molar-refractivity contribution in [3.8, 4) is 5.69 Å². The molecule has 0 saturated heterocycles. The highest BCUT2D eigenvalue weighted by Crippen LogP contribution is 2.18. The third-order valence-electron chi connectivity index (χ3n) is 5.11. The summed E-state index contributed by atoms with van der Waals surface area (Å²) in [5.74, 6) is -0.813. The Morgan fingerprint density at radius 2 is 1.88 bits per heavy atom. The van der Waals surface area contributed by atoms with Crippen molar-refractivity contribution in [2.24, 2.45) is 0 Å². The highest BCUT2D eigenvalue weighted by atomic mass is 35.5. The molecule has 0 aliphatic heterocycles. The molecule has 2 aromatic heterocycles. The van der Waals surface area contributed by atoms with E-state index in [1.807, 2.05) is 12.1 Å². The standard InChI is InChI=1S/C23H19ClFN3O3S/c1-14-12-17(25)6-7-18(14)28-22(30)21-19(9-11-32-21)27(23(28)31)13-20(29)26-10-8-15-2-4-16(24)5-3-15/h2-7,9,11-12H,8,10,13H2,1H3,(H,26,29). The Labute approximate surface area is 191 Å². The molecule has 1 amide bonds. The molecule has 164 valence electrons. The quantitative estimate of drug-likeness (QED) is 0.466. The van der Waals surface area contributed by atoms with Crippen molar-refractivity contribution in [1.29, 1.82) is 0 Å². The van der Waals surface area contributed by atoms with Crippen LogP contribution in [0.1, 0.15) is 11.1 Å². The van der Waals surface area contributed by atoms with Crippen LogP contribution in [-0.4, -0.2) is 21.6 Å². The van der Waals surface area contributed by atoms with Crippen molar-refractivity contribution in [3.63, 3.8) is 0 Å². The van der Waals surface area contributed by atoms with Crippen LogP contribution in [0.2, 0.25) is 5.02 Å². The minimum Gasteiger partial charge on any atom is -0.354 e. The fourth-order valence-corrected chi connectivity index (χ4v) is 4.47. The van der Waals surface area contributed by atoms with Crippen LogP contribution >= 0.6 is 22.9 Å². The second kappa shape index (κ2) is 9.10. The van der Waals surface area contributed by atoms with E-state index in [2.05, 4.69) is 5.32 Å². The summed E-state index contributed by atoms with van der Waals surface area (Å²) in [6, 6.07) is 12.8. The third kappa shape index (κ3) is 4.37. The first-order valence-electron chi connectivity index (χ1n) is 9.86. The number of aryl methyl sites for hydroxylation is 1. The van der Waals surface area contributed by atoms with Gasteiger partial charge in [-0.1, -0.05) is 23.7 Å². The van der Waals surface area contributed by atoms with Crippen LogP contribution in [-0.2, 0) is 17.8 Å². The maximum atomic E-state index is 13.6. The van der Waals surface area contributed by atoms with Gasteiger partial charge in [0.25, 0.3) is 5.56 Å². The molecule has 0 bridgehead atoms. The molecule has 4 aromatic rings. The fourth-order valence-electron chi connectivity index (χ4n) is 3.52. The zero-order valence-corrected chi connectivity index (χ0v) is 18.7. The lowest BCUT2D eigenvalue weighted by atomic mass is 10.1. The maximum absolute atomic E-state index is 13.6. The Morgan fingerprint density at radius 3 is 2.59 bits per heavy atom. The molecule has 1 N–H and O–H groups in total. The van der Waals surface area contributed by atoms with E-state index in [1.54, 1.807) is 30.5 Å². The fraction of sp³-hybridized carbons (Fsp3) is 0.174. The van der Waals surface area contributed by atoms with Crippen LogP contribution < -0.4 is 16.6 Å². The Balaban J connectivity index is 1.63. The van der Waals surface area contributed by atoms with Gasteiger partial charge in [-0.05, 0) is 66.2 Å². The van der Waals surface area contributed by atoms with Crippen LogP contribution in [0, 0.1) is 12.7 Å². The van der Waals surface area contributed by atoms with E-state index < -0.39 is 17.1 Å². The maximum Gasteiger partial charge on any atom is 0.336 e. The van der Waals surface area contributed by atoms with Gasteiger partial charge in [-0.15, -0.1) is 11.3 Å². The molecule has 9 heteroatoms. The first-order valence-corrected chi connectivity index (χ1v) is 11.1. The summed E-state index contributed by atoms with van der Waals surface area (Å²) in [6.07, 6.45) is 0.611. The average molecular weight is 472 g/mol. The molecule has 0 spiro atoms. The topological polar surface area (TPSA) is 73.1 Å². The number of benzene rings is 2. The molecule has 4 rings (SSSR count). The second-order valence-electron chi connectivity index (χ2n) is 7.30. The van der Waals surface area contributed by atoms with Gasteiger partial charge in [0.1, 0.15) is 17.1 Å². The molecule has 0 saturated carbocycles. The molecule has 0 radical (unpaired) electrons. The van der Waals surface area contributed by atoms with E-state index in [9.17, 15) is 18.8 Å². The predicted molar refractivity (Wildman–Crippen MR) is 125 cm³/mol. The Bertz CT molecular complexity index is 1420. The zero-order valence-electron chi connectivity index (χ0n) is 17.1. The van der Waals surface area contributed by atoms with Crippen molar-refractivity contribution in [3.05, 3.63) is 96.7 Å². The van der Waals surface area contributed by atoms with E-state index in [0.717, 1.165) is 10.1 Å². The minimum atomic E-state index is -0.650. The average Bonchev–Trinajstić information content (AvgIpc) is 3.24. The number of hydrogen-bond donors (Lipinski definition) is 1. The third-order valence-corrected chi connectivity index (χ3v) is 6.25. The SMILES string of the molecule is Cc1cc(F)ccc1-n1c(=O)c2sccc2n(CC(=O)NCCc2ccc(Cl)cc2)c1=O. The van der Waals surface area contributed by atoms with E-state index in [-0.39, 0.29) is 18.1 Å². The van der Waals surface area contributed by atoms with Crippen LogP contribution in [0.15, 0.2) is 63.5 Å². The molecule has 0 unspecified atom stereocenters. The van der Waals surface area contributed by atoms with Crippen molar-refractivity contribution in [1.82, 2.24) is 14.5 Å². The molecule has 6 nitrogen and oxygen atoms in total. The monoisotopic (exact) mass is 471 g/mol. The number of halogens is 2. The molecular weight excluding hydrogens is 453 g/mol. The number of nitrogens with zero attached hydrogens (tertiary/aromatic N) is 2. The van der Waals surface area contributed by atoms with Gasteiger partial charge in [0.05, 0.1) is 11.2 Å². The van der Waals surface area contributed by atoms with Crippen molar-refractivity contribution in [2.75, 3.05) is 6.54 Å². The number of carbonyl (C=O) groups excluding carboxylic acids is 1. The van der Waals surface area contributed by atoms with Gasteiger partial charge >= 0.3 is 5.69 Å². The lowest BCUT2D eigenvalue weighted by Crippen LogP contribution is -2.41. The normalized spacial score (nSPS) is 11.1. The summed E-state index contributed by atoms with van der Waals surface area (Å²) in [4.78, 5) is 38.8. The minimum absolute atomic E-state index is 0.243. The Kier molecular flexibility index (Phi) is 6.25. The number of aromatic nitrogens is 2. The first-order chi connectivity index (χ1) is 15.3. The van der Waals surface area contributed by atoms with Crippen molar-refractivity contribution < 1.29 is 9.18 Å². The summed E-state index contributed by atoms with van der Waals surface area (Å²) in [6.45, 7) is 1.77. The van der Waals surface area contributed by atoms with Crippen molar-refractivity contribution >= 4 is 39.1 Å². The number of nitrogens with one attached hydrogen (secondary N) is 1. The summed E-state index contributed by atoms with van der Waals surface area (Å²) < 4.78 is 16.2. The molecular formula is C23H19ClFN3O3S. The number of carbonyl (C=O) groups is 1. The first kappa shape index (κ1) is 22.0. The summed E-state index contributed by atoms with van der Waals surface area (Å²) >= 11 is 7.07. The smallest absolute Gasteiger partial charge is 0.336 e. The van der Waals surface area contributed by atoms with Gasteiger partial charge in [-0.25, -0.2) is 13.8 Å². The van der Waals surface area contributed by atoms with Crippen LogP contribution in [0.3, 0.4) is 0 Å². The summed E-state index contributed by atoms with van der Waals surface area (Å²) in [5, 5.41) is 5.14. The largest absolute Gasteiger partial charge is 0.354 e. The Morgan fingerprint density at radius 1 is 1.12 bits per heavy atom. The number of amides is 1. The zero-order chi connectivity index (χ0) is 22.8. The number of thiophene rings is 1. The van der Waals surface area contributed by atoms with E-state index in [4.69, 9.17) is 11.6 Å². The Hall–Kier alpha value is -3.23. The summed E-state index contributed by atoms with van der Waals surface area (Å²) in [5.41, 5.74) is 1.01. The van der Waals surface area contributed by atoms with Gasteiger partial charge in [0, 0.05) is 11.6 Å². The lowest BCUT2D eigenvalue weighted by molar-refractivity contribution is -0.121. The van der Waals surface area contributed by atoms with Gasteiger partial charge in [0.15, 0.2) is 0 Å². The molecule has 2 heterocycles. The summed E-state index contributed by atoms with van der Waals surface area (Å²) in [7, 11) is 0. The van der Waals surface area contributed by atoms with Crippen LogP contribution in [0.4, 0.5) is 4.39 Å². The molecule has 32 heavy (non-hydrogen) atoms. The van der Waals surface area contributed by atoms with E-state index >= 15 is 0 Å².